The van der Waals surface area contributed by atoms with Crippen LogP contribution in [0.15, 0.2) is 0 Å². The van der Waals surface area contributed by atoms with Gasteiger partial charge in [-0.2, -0.15) is 13.2 Å². The smallest absolute Gasteiger partial charge is 0.410 e. The molecule has 146 valence electrons. The van der Waals surface area contributed by atoms with Gasteiger partial charge in [-0.15, -0.1) is 0 Å². The van der Waals surface area contributed by atoms with Crippen molar-refractivity contribution in [1.82, 2.24) is 15.1 Å². The molecular weight excluding hydrogens is 339 g/mol. The number of nitrogens with zero attached hydrogens (tertiary/aromatic N) is 2. The molecule has 6 nitrogen and oxygen atoms in total. The van der Waals surface area contributed by atoms with E-state index in [1.165, 1.54) is 11.9 Å². The quantitative estimate of drug-likeness (QED) is 0.733. The molecule has 1 aliphatic heterocycles. The molecule has 0 radical (unpaired) electrons. The second-order valence-electron chi connectivity index (χ2n) is 7.33. The van der Waals surface area contributed by atoms with E-state index in [-0.39, 0.29) is 19.0 Å². The van der Waals surface area contributed by atoms with Gasteiger partial charge in [-0.05, 0) is 53.6 Å². The second kappa shape index (κ2) is 8.73. The van der Waals surface area contributed by atoms with Crippen molar-refractivity contribution in [3.05, 3.63) is 0 Å². The zero-order chi connectivity index (χ0) is 19.3. The molecule has 0 aromatic rings. The molecular formula is C16H28F3N3O3. The van der Waals surface area contributed by atoms with Gasteiger partial charge in [0.2, 0.25) is 5.91 Å². The van der Waals surface area contributed by atoms with Crippen LogP contribution < -0.4 is 5.32 Å². The summed E-state index contributed by atoms with van der Waals surface area (Å²) in [7, 11) is 1.39. The average Bonchev–Trinajstić information content (AvgIpc) is 2.89. The van der Waals surface area contributed by atoms with Crippen molar-refractivity contribution >= 4 is 12.0 Å². The summed E-state index contributed by atoms with van der Waals surface area (Å²) in [5.74, 6) is -0.290. The summed E-state index contributed by atoms with van der Waals surface area (Å²) in [6.07, 6.45) is -3.08. The number of hydrogen-bond acceptors (Lipinski definition) is 4. The minimum absolute atomic E-state index is 0.222. The van der Waals surface area contributed by atoms with Crippen LogP contribution in [0.5, 0.6) is 0 Å². The van der Waals surface area contributed by atoms with E-state index in [4.69, 9.17) is 4.74 Å². The van der Waals surface area contributed by atoms with Crippen LogP contribution in [0.3, 0.4) is 0 Å². The number of ether oxygens (including phenoxy) is 1. The third-order valence-corrected chi connectivity index (χ3v) is 3.65. The molecule has 9 heteroatoms. The van der Waals surface area contributed by atoms with Gasteiger partial charge in [-0.3, -0.25) is 14.6 Å². The third-order valence-electron chi connectivity index (χ3n) is 3.65. The van der Waals surface area contributed by atoms with Crippen molar-refractivity contribution in [3.63, 3.8) is 0 Å². The predicted octanol–water partition coefficient (Wildman–Crippen LogP) is 2.39. The number of alkyl halides is 3. The topological polar surface area (TPSA) is 61.9 Å². The fourth-order valence-corrected chi connectivity index (χ4v) is 2.64. The molecule has 0 spiro atoms. The molecule has 1 N–H and O–H groups in total. The molecule has 2 amide bonds. The molecule has 0 bridgehead atoms. The minimum Gasteiger partial charge on any atom is -0.444 e. The molecule has 0 aromatic heterocycles. The summed E-state index contributed by atoms with van der Waals surface area (Å²) in [5.41, 5.74) is -0.635. The Morgan fingerprint density at radius 2 is 1.92 bits per heavy atom. The number of carbonyl (C=O) groups excluding carboxylic acids is 2. The summed E-state index contributed by atoms with van der Waals surface area (Å²) in [5, 5.41) is 2.69. The van der Waals surface area contributed by atoms with Gasteiger partial charge in [0.1, 0.15) is 11.6 Å². The first-order chi connectivity index (χ1) is 11.4. The fourth-order valence-electron chi connectivity index (χ4n) is 2.64. The van der Waals surface area contributed by atoms with Crippen molar-refractivity contribution in [1.29, 1.82) is 0 Å². The lowest BCUT2D eigenvalue weighted by Crippen LogP contribution is -2.48. The van der Waals surface area contributed by atoms with Crippen LogP contribution in [0.1, 0.15) is 40.0 Å². The largest absolute Gasteiger partial charge is 0.444 e. The standard InChI is InChI=1S/C16H28F3N3O3/c1-15(2,3)25-14(24)22-10-5-7-12(22)13(23)20-8-6-9-21(4)11-16(17,18)19/h12H,5-11H2,1-4H3,(H,20,23)/t12-/m0/s1. The maximum Gasteiger partial charge on any atom is 0.410 e. The summed E-state index contributed by atoms with van der Waals surface area (Å²) < 4.78 is 42.0. The molecule has 1 saturated heterocycles. The lowest BCUT2D eigenvalue weighted by molar-refractivity contribution is -0.143. The maximum absolute atomic E-state index is 12.2. The van der Waals surface area contributed by atoms with E-state index in [9.17, 15) is 22.8 Å². The third kappa shape index (κ3) is 8.42. The van der Waals surface area contributed by atoms with E-state index in [2.05, 4.69) is 5.32 Å². The number of halogens is 3. The van der Waals surface area contributed by atoms with E-state index in [1.807, 2.05) is 0 Å². The van der Waals surface area contributed by atoms with Gasteiger partial charge >= 0.3 is 12.3 Å². The van der Waals surface area contributed by atoms with E-state index < -0.39 is 30.5 Å². The first kappa shape index (κ1) is 21.5. The number of likely N-dealkylation sites (tertiary alicyclic amines) is 1. The number of amides is 2. The number of hydrogen-bond donors (Lipinski definition) is 1. The molecule has 0 aromatic carbocycles. The summed E-state index contributed by atoms with van der Waals surface area (Å²) in [4.78, 5) is 27.0. The first-order valence-electron chi connectivity index (χ1n) is 8.42. The van der Waals surface area contributed by atoms with E-state index in [1.54, 1.807) is 20.8 Å². The molecule has 1 fully saturated rings. The zero-order valence-corrected chi connectivity index (χ0v) is 15.3. The number of nitrogens with one attached hydrogen (secondary N) is 1. The van der Waals surface area contributed by atoms with Gasteiger partial charge in [-0.25, -0.2) is 4.79 Å². The number of rotatable bonds is 6. The van der Waals surface area contributed by atoms with Crippen molar-refractivity contribution in [3.8, 4) is 0 Å². The highest BCUT2D eigenvalue weighted by Crippen LogP contribution is 2.21. The van der Waals surface area contributed by atoms with Crippen molar-refractivity contribution in [2.45, 2.75) is 57.9 Å². The molecule has 1 rings (SSSR count). The van der Waals surface area contributed by atoms with Gasteiger partial charge in [0.15, 0.2) is 0 Å². The minimum atomic E-state index is -4.23. The Bertz CT molecular complexity index is 464. The van der Waals surface area contributed by atoms with Crippen LogP contribution in [0.2, 0.25) is 0 Å². The van der Waals surface area contributed by atoms with Crippen LogP contribution in [0.4, 0.5) is 18.0 Å². The summed E-state index contributed by atoms with van der Waals surface area (Å²) >= 11 is 0. The molecule has 1 atom stereocenters. The van der Waals surface area contributed by atoms with E-state index >= 15 is 0 Å². The van der Waals surface area contributed by atoms with Crippen molar-refractivity contribution in [2.24, 2.45) is 0 Å². The molecule has 0 aliphatic carbocycles. The zero-order valence-electron chi connectivity index (χ0n) is 15.3. The average molecular weight is 367 g/mol. The van der Waals surface area contributed by atoms with Gasteiger partial charge in [0.05, 0.1) is 6.54 Å². The monoisotopic (exact) mass is 367 g/mol. The summed E-state index contributed by atoms with van der Waals surface area (Å²) in [6.45, 7) is 5.24. The Labute approximate surface area is 146 Å². The maximum atomic E-state index is 12.2. The van der Waals surface area contributed by atoms with Crippen molar-refractivity contribution in [2.75, 3.05) is 33.2 Å². The Kier molecular flexibility index (Phi) is 7.52. The molecule has 0 unspecified atom stereocenters. The highest BCUT2D eigenvalue weighted by atomic mass is 19.4. The predicted molar refractivity (Wildman–Crippen MR) is 87.1 cm³/mol. The van der Waals surface area contributed by atoms with Gasteiger partial charge in [0, 0.05) is 13.1 Å². The Hall–Kier alpha value is -1.51. The first-order valence-corrected chi connectivity index (χ1v) is 8.42. The Morgan fingerprint density at radius 3 is 2.48 bits per heavy atom. The Morgan fingerprint density at radius 1 is 1.28 bits per heavy atom. The highest BCUT2D eigenvalue weighted by Gasteiger charge is 2.36. The van der Waals surface area contributed by atoms with E-state index in [0.29, 0.717) is 25.8 Å². The van der Waals surface area contributed by atoms with Gasteiger partial charge < -0.3 is 10.1 Å². The molecule has 1 heterocycles. The highest BCUT2D eigenvalue weighted by molar-refractivity contribution is 5.86. The van der Waals surface area contributed by atoms with Crippen LogP contribution in [0.25, 0.3) is 0 Å². The Balaban J connectivity index is 2.37. The summed E-state index contributed by atoms with van der Waals surface area (Å²) in [6, 6.07) is -0.581. The fraction of sp³-hybridized carbons (Fsp3) is 0.875. The molecule has 0 saturated carbocycles. The van der Waals surface area contributed by atoms with Crippen LogP contribution in [0, 0.1) is 0 Å². The lowest BCUT2D eigenvalue weighted by atomic mass is 10.2. The molecule has 25 heavy (non-hydrogen) atoms. The van der Waals surface area contributed by atoms with Crippen LogP contribution >= 0.6 is 0 Å². The van der Waals surface area contributed by atoms with Crippen molar-refractivity contribution < 1.29 is 27.5 Å². The van der Waals surface area contributed by atoms with Gasteiger partial charge in [0.25, 0.3) is 0 Å². The van der Waals surface area contributed by atoms with Gasteiger partial charge in [-0.1, -0.05) is 0 Å². The normalized spacial score (nSPS) is 18.6. The SMILES string of the molecule is CN(CCCNC(=O)[C@@H]1CCCN1C(=O)OC(C)(C)C)CC(F)(F)F. The lowest BCUT2D eigenvalue weighted by Gasteiger charge is -2.28. The van der Waals surface area contributed by atoms with Crippen LogP contribution in [-0.2, 0) is 9.53 Å². The van der Waals surface area contributed by atoms with Crippen LogP contribution in [-0.4, -0.2) is 72.8 Å². The number of carbonyl (C=O) groups is 2. The molecule has 1 aliphatic rings. The second-order valence-corrected chi connectivity index (χ2v) is 7.33. The van der Waals surface area contributed by atoms with E-state index in [0.717, 1.165) is 4.90 Å².